The maximum atomic E-state index is 15.3. The van der Waals surface area contributed by atoms with Crippen molar-refractivity contribution in [2.24, 2.45) is 0 Å². The molecule has 5 rings (SSSR count). The number of sulfonamides is 1. The predicted molar refractivity (Wildman–Crippen MR) is 171 cm³/mol. The van der Waals surface area contributed by atoms with Crippen LogP contribution in [-0.2, 0) is 31.7 Å². The van der Waals surface area contributed by atoms with E-state index < -0.39 is 27.5 Å². The zero-order valence-corrected chi connectivity index (χ0v) is 27.4. The van der Waals surface area contributed by atoms with E-state index in [2.05, 4.69) is 5.32 Å². The molecule has 1 fully saturated rings. The lowest BCUT2D eigenvalue weighted by molar-refractivity contribution is -0.138. The third-order valence-corrected chi connectivity index (χ3v) is 10.3. The van der Waals surface area contributed by atoms with E-state index in [4.69, 9.17) is 16.3 Å². The number of nitrogens with zero attached hydrogens (tertiary/aromatic N) is 4. The van der Waals surface area contributed by atoms with Crippen LogP contribution in [0, 0.1) is 11.3 Å². The van der Waals surface area contributed by atoms with E-state index >= 15 is 4.79 Å². The van der Waals surface area contributed by atoms with Crippen molar-refractivity contribution in [3.8, 4) is 11.8 Å². The highest BCUT2D eigenvalue weighted by atomic mass is 35.5. The third kappa shape index (κ3) is 5.46. The highest BCUT2D eigenvalue weighted by Crippen LogP contribution is 2.55. The van der Waals surface area contributed by atoms with Crippen LogP contribution in [0.4, 0.5) is 5.69 Å². The number of likely N-dealkylation sites (N-methyl/N-ethyl adjacent to an activating group) is 1. The number of nitriles is 1. The normalized spacial score (nSPS) is 19.9. The van der Waals surface area contributed by atoms with Gasteiger partial charge < -0.3 is 15.0 Å². The summed E-state index contributed by atoms with van der Waals surface area (Å²) in [6.07, 6.45) is 1.08. The molecule has 12 heteroatoms. The molecule has 2 amide bonds. The van der Waals surface area contributed by atoms with Gasteiger partial charge in [0, 0.05) is 49.4 Å². The molecule has 0 aromatic heterocycles. The topological polar surface area (TPSA) is 123 Å². The number of rotatable bonds is 9. The fourth-order valence-electron chi connectivity index (χ4n) is 6.28. The number of anilines is 1. The third-order valence-electron chi connectivity index (χ3n) is 8.36. The van der Waals surface area contributed by atoms with E-state index in [1.54, 1.807) is 26.2 Å². The first-order valence-electron chi connectivity index (χ1n) is 14.7. The van der Waals surface area contributed by atoms with Crippen molar-refractivity contribution in [3.63, 3.8) is 0 Å². The summed E-state index contributed by atoms with van der Waals surface area (Å²) in [5, 5.41) is 13.0. The second-order valence-corrected chi connectivity index (χ2v) is 14.0. The number of benzene rings is 3. The number of amides is 2. The highest BCUT2D eigenvalue weighted by Gasteiger charge is 2.63. The number of nitrogens with one attached hydrogen (secondary N) is 1. The Bertz CT molecular complexity index is 1790. The molecule has 0 spiro atoms. The zero-order valence-electron chi connectivity index (χ0n) is 25.9. The minimum absolute atomic E-state index is 0.129. The standard InChI is InChI=1S/C33H36ClN5O5S/c1-21(2)36-20-23-10-15-30(44-5)27(17-23)33(38-16-6-7-29(38)31(40)37(3)4)26-18-24(34)11-14-28(26)39(32(33)41)45(42,43)25-12-8-22(19-35)9-13-25/h8-15,17-18,21,29,36H,6-7,16,20H2,1-5H3/t29?,33-/m0/s1. The lowest BCUT2D eigenvalue weighted by Gasteiger charge is -2.42. The monoisotopic (exact) mass is 649 g/mol. The number of carbonyl (C=O) groups excluding carboxylic acids is 2. The Kier molecular flexibility index (Phi) is 8.97. The maximum Gasteiger partial charge on any atom is 0.271 e. The van der Waals surface area contributed by atoms with Crippen LogP contribution in [0.15, 0.2) is 65.6 Å². The van der Waals surface area contributed by atoms with Gasteiger partial charge >= 0.3 is 0 Å². The Morgan fingerprint density at radius 3 is 2.47 bits per heavy atom. The average Bonchev–Trinajstić information content (AvgIpc) is 3.60. The largest absolute Gasteiger partial charge is 0.496 e. The lowest BCUT2D eigenvalue weighted by Crippen LogP contribution is -2.59. The van der Waals surface area contributed by atoms with Crippen LogP contribution in [-0.4, -0.2) is 69.9 Å². The van der Waals surface area contributed by atoms with Crippen LogP contribution in [0.2, 0.25) is 5.02 Å². The first-order chi connectivity index (χ1) is 21.4. The van der Waals surface area contributed by atoms with Crippen LogP contribution in [0.3, 0.4) is 0 Å². The molecule has 3 aromatic rings. The molecule has 1 N–H and O–H groups in total. The number of hydrogen-bond donors (Lipinski definition) is 1. The Labute approximate surface area is 269 Å². The summed E-state index contributed by atoms with van der Waals surface area (Å²) >= 11 is 6.60. The minimum atomic E-state index is -4.50. The smallest absolute Gasteiger partial charge is 0.271 e. The fraction of sp³-hybridized carbons (Fsp3) is 0.364. The van der Waals surface area contributed by atoms with Gasteiger partial charge in [-0.15, -0.1) is 0 Å². The van der Waals surface area contributed by atoms with E-state index in [9.17, 15) is 18.5 Å². The fourth-order valence-corrected chi connectivity index (χ4v) is 7.91. The summed E-state index contributed by atoms with van der Waals surface area (Å²) in [6, 6.07) is 17.0. The van der Waals surface area contributed by atoms with Gasteiger partial charge in [-0.05, 0) is 73.0 Å². The number of carbonyl (C=O) groups is 2. The van der Waals surface area contributed by atoms with E-state index in [0.29, 0.717) is 47.8 Å². The van der Waals surface area contributed by atoms with Crippen molar-refractivity contribution in [1.29, 1.82) is 5.26 Å². The van der Waals surface area contributed by atoms with E-state index in [1.807, 2.05) is 36.9 Å². The van der Waals surface area contributed by atoms with Crippen molar-refractivity contribution in [2.75, 3.05) is 32.1 Å². The van der Waals surface area contributed by atoms with Gasteiger partial charge in [-0.2, -0.15) is 5.26 Å². The Morgan fingerprint density at radius 2 is 1.84 bits per heavy atom. The van der Waals surface area contributed by atoms with Crippen molar-refractivity contribution in [2.45, 2.75) is 55.8 Å². The average molecular weight is 650 g/mol. The maximum absolute atomic E-state index is 15.3. The molecular formula is C33H36ClN5O5S. The molecule has 236 valence electrons. The van der Waals surface area contributed by atoms with Gasteiger partial charge in [-0.25, -0.2) is 12.7 Å². The molecule has 0 aliphatic carbocycles. The van der Waals surface area contributed by atoms with Crippen molar-refractivity contribution < 1.29 is 22.7 Å². The highest BCUT2D eigenvalue weighted by molar-refractivity contribution is 7.93. The van der Waals surface area contributed by atoms with Crippen LogP contribution in [0.25, 0.3) is 0 Å². The van der Waals surface area contributed by atoms with Gasteiger partial charge in [-0.3, -0.25) is 14.5 Å². The molecule has 2 aliphatic rings. The second kappa shape index (κ2) is 12.4. The van der Waals surface area contributed by atoms with Gasteiger partial charge in [0.15, 0.2) is 5.54 Å². The first kappa shape index (κ1) is 32.4. The summed E-state index contributed by atoms with van der Waals surface area (Å²) in [5.41, 5.74) is 0.219. The Hall–Kier alpha value is -3.95. The van der Waals surface area contributed by atoms with Crippen molar-refractivity contribution in [3.05, 3.63) is 87.9 Å². The molecular weight excluding hydrogens is 614 g/mol. The molecule has 1 saturated heterocycles. The number of hydrogen-bond acceptors (Lipinski definition) is 8. The van der Waals surface area contributed by atoms with Crippen LogP contribution >= 0.6 is 11.6 Å². The quantitative estimate of drug-likeness (QED) is 0.365. The molecule has 0 radical (unpaired) electrons. The first-order valence-corrected chi connectivity index (χ1v) is 16.5. The van der Waals surface area contributed by atoms with Gasteiger partial charge in [0.2, 0.25) is 5.91 Å². The van der Waals surface area contributed by atoms with Gasteiger partial charge in [-0.1, -0.05) is 31.5 Å². The Morgan fingerprint density at radius 1 is 1.13 bits per heavy atom. The molecule has 10 nitrogen and oxygen atoms in total. The number of ether oxygens (including phenoxy) is 1. The van der Waals surface area contributed by atoms with Crippen molar-refractivity contribution >= 4 is 39.1 Å². The molecule has 2 atom stereocenters. The summed E-state index contributed by atoms with van der Waals surface area (Å²) in [5.74, 6) is -0.605. The molecule has 3 aromatic carbocycles. The number of methoxy groups -OCH3 is 1. The molecule has 2 heterocycles. The summed E-state index contributed by atoms with van der Waals surface area (Å²) in [7, 11) is 0.318. The Balaban J connectivity index is 1.85. The number of likely N-dealkylation sites (tertiary alicyclic amines) is 1. The molecule has 2 aliphatic heterocycles. The van der Waals surface area contributed by atoms with Crippen LogP contribution < -0.4 is 14.4 Å². The van der Waals surface area contributed by atoms with E-state index in [1.165, 1.54) is 48.4 Å². The minimum Gasteiger partial charge on any atom is -0.496 e. The summed E-state index contributed by atoms with van der Waals surface area (Å²) in [6.45, 7) is 4.87. The lowest BCUT2D eigenvalue weighted by atomic mass is 9.80. The number of halogens is 1. The van der Waals surface area contributed by atoms with Gasteiger partial charge in [0.05, 0.1) is 35.4 Å². The summed E-state index contributed by atoms with van der Waals surface area (Å²) < 4.78 is 35.5. The van der Waals surface area contributed by atoms with Crippen LogP contribution in [0.5, 0.6) is 5.75 Å². The molecule has 1 unspecified atom stereocenters. The number of fused-ring (bicyclic) bond motifs is 1. The zero-order chi connectivity index (χ0) is 32.7. The SMILES string of the molecule is COc1ccc(CNC(C)C)cc1[C@]1(N2CCCC2C(=O)N(C)C)C(=O)N(S(=O)(=O)c2ccc(C#N)cc2)c2ccc(Cl)cc21. The van der Waals surface area contributed by atoms with E-state index in [-0.39, 0.29) is 28.1 Å². The van der Waals surface area contributed by atoms with Gasteiger partial charge in [0.25, 0.3) is 15.9 Å². The summed E-state index contributed by atoms with van der Waals surface area (Å²) in [4.78, 5) is 32.1. The molecule has 0 saturated carbocycles. The molecule has 45 heavy (non-hydrogen) atoms. The van der Waals surface area contributed by atoms with Crippen LogP contribution in [0.1, 0.15) is 48.9 Å². The van der Waals surface area contributed by atoms with Crippen molar-refractivity contribution in [1.82, 2.24) is 15.1 Å². The predicted octanol–water partition coefficient (Wildman–Crippen LogP) is 4.25. The van der Waals surface area contributed by atoms with E-state index in [0.717, 1.165) is 9.87 Å². The second-order valence-electron chi connectivity index (χ2n) is 11.7. The van der Waals surface area contributed by atoms with Gasteiger partial charge in [0.1, 0.15) is 5.75 Å². The molecule has 0 bridgehead atoms.